The highest BCUT2D eigenvalue weighted by atomic mass is 19.1. The lowest BCUT2D eigenvalue weighted by atomic mass is 9.81. The quantitative estimate of drug-likeness (QED) is 0.760. The third-order valence-electron chi connectivity index (χ3n) is 2.04. The number of alkyl halides is 1. The second-order valence-corrected chi connectivity index (χ2v) is 5.28. The SMILES string of the molecule is CC(C)(O)C(F)[C@H](OC(N)=O)C(C)(C)C. The fourth-order valence-electron chi connectivity index (χ4n) is 1.17. The molecule has 15 heavy (non-hydrogen) atoms. The molecule has 0 rings (SSSR count). The second kappa shape index (κ2) is 4.35. The van der Waals surface area contributed by atoms with E-state index < -0.39 is 29.4 Å². The molecule has 1 unspecified atom stereocenters. The summed E-state index contributed by atoms with van der Waals surface area (Å²) < 4.78 is 18.6. The van der Waals surface area contributed by atoms with E-state index in [1.54, 1.807) is 20.8 Å². The summed E-state index contributed by atoms with van der Waals surface area (Å²) >= 11 is 0. The smallest absolute Gasteiger partial charge is 0.404 e. The highest BCUT2D eigenvalue weighted by Crippen LogP contribution is 2.31. The zero-order valence-corrected chi connectivity index (χ0v) is 9.87. The first-order chi connectivity index (χ1) is 6.46. The van der Waals surface area contributed by atoms with Gasteiger partial charge in [0.1, 0.15) is 6.10 Å². The molecule has 5 heteroatoms. The first-order valence-corrected chi connectivity index (χ1v) is 4.79. The van der Waals surface area contributed by atoms with Crippen molar-refractivity contribution in [3.63, 3.8) is 0 Å². The van der Waals surface area contributed by atoms with Crippen molar-refractivity contribution < 1.29 is 19.0 Å². The molecule has 90 valence electrons. The van der Waals surface area contributed by atoms with Gasteiger partial charge in [0, 0.05) is 5.41 Å². The van der Waals surface area contributed by atoms with Crippen LogP contribution in [0.15, 0.2) is 0 Å². The van der Waals surface area contributed by atoms with Gasteiger partial charge in [-0.05, 0) is 13.8 Å². The Bertz CT molecular complexity index is 230. The fraction of sp³-hybridized carbons (Fsp3) is 0.900. The number of amides is 1. The number of hydrogen-bond donors (Lipinski definition) is 2. The van der Waals surface area contributed by atoms with Gasteiger partial charge in [-0.2, -0.15) is 0 Å². The Labute approximate surface area is 89.6 Å². The molecule has 0 bridgehead atoms. The predicted octanol–water partition coefficient (Wildman–Crippen LogP) is 1.61. The third-order valence-corrected chi connectivity index (χ3v) is 2.04. The number of ether oxygens (including phenoxy) is 1. The van der Waals surface area contributed by atoms with Crippen molar-refractivity contribution in [2.45, 2.75) is 52.5 Å². The van der Waals surface area contributed by atoms with E-state index in [0.717, 1.165) is 0 Å². The fourth-order valence-corrected chi connectivity index (χ4v) is 1.17. The Morgan fingerprint density at radius 1 is 1.33 bits per heavy atom. The van der Waals surface area contributed by atoms with Crippen molar-refractivity contribution in [2.24, 2.45) is 11.1 Å². The average Bonchev–Trinajstić information content (AvgIpc) is 1.94. The van der Waals surface area contributed by atoms with E-state index in [0.29, 0.717) is 0 Å². The Balaban J connectivity index is 4.87. The van der Waals surface area contributed by atoms with E-state index in [1.807, 2.05) is 0 Å². The van der Waals surface area contributed by atoms with Crippen LogP contribution in [0.25, 0.3) is 0 Å². The zero-order chi connectivity index (χ0) is 12.4. The number of carbonyl (C=O) groups is 1. The minimum absolute atomic E-state index is 0.631. The molecule has 0 aliphatic rings. The maximum absolute atomic E-state index is 13.8. The maximum Gasteiger partial charge on any atom is 0.404 e. The van der Waals surface area contributed by atoms with Crippen LogP contribution in [0.5, 0.6) is 0 Å². The Morgan fingerprint density at radius 3 is 1.93 bits per heavy atom. The van der Waals surface area contributed by atoms with Gasteiger partial charge >= 0.3 is 6.09 Å². The number of nitrogens with two attached hydrogens (primary N) is 1. The molecule has 0 heterocycles. The lowest BCUT2D eigenvalue weighted by Gasteiger charge is -2.36. The standard InChI is InChI=1S/C10H20FNO3/c1-9(2,3)7(15-8(12)13)6(11)10(4,5)14/h6-7,14H,1-5H3,(H2,12,13)/t6?,7-/m0/s1. The summed E-state index contributed by atoms with van der Waals surface area (Å²) in [6.45, 7) is 7.76. The van der Waals surface area contributed by atoms with Crippen LogP contribution in [-0.2, 0) is 4.74 Å². The van der Waals surface area contributed by atoms with Crippen molar-refractivity contribution in [1.82, 2.24) is 0 Å². The molecule has 0 saturated heterocycles. The van der Waals surface area contributed by atoms with E-state index in [1.165, 1.54) is 13.8 Å². The van der Waals surface area contributed by atoms with Gasteiger partial charge in [-0.25, -0.2) is 9.18 Å². The van der Waals surface area contributed by atoms with Crippen molar-refractivity contribution in [1.29, 1.82) is 0 Å². The average molecular weight is 221 g/mol. The van der Waals surface area contributed by atoms with Gasteiger partial charge in [0.05, 0.1) is 5.60 Å². The van der Waals surface area contributed by atoms with Crippen LogP contribution in [0, 0.1) is 5.41 Å². The molecule has 0 aromatic heterocycles. The van der Waals surface area contributed by atoms with Crippen LogP contribution in [0.3, 0.4) is 0 Å². The van der Waals surface area contributed by atoms with Crippen molar-refractivity contribution in [2.75, 3.05) is 0 Å². The molecular formula is C10H20FNO3. The molecule has 1 amide bonds. The topological polar surface area (TPSA) is 72.6 Å². The van der Waals surface area contributed by atoms with Gasteiger partial charge in [0.25, 0.3) is 0 Å². The first-order valence-electron chi connectivity index (χ1n) is 4.79. The number of hydrogen-bond acceptors (Lipinski definition) is 3. The lowest BCUT2D eigenvalue weighted by Crippen LogP contribution is -2.50. The van der Waals surface area contributed by atoms with Crippen LogP contribution in [-0.4, -0.2) is 29.1 Å². The molecule has 0 fully saturated rings. The highest BCUT2D eigenvalue weighted by molar-refractivity contribution is 5.65. The summed E-state index contributed by atoms with van der Waals surface area (Å²) in [4.78, 5) is 10.6. The van der Waals surface area contributed by atoms with Crippen LogP contribution in [0.1, 0.15) is 34.6 Å². The van der Waals surface area contributed by atoms with Gasteiger partial charge in [-0.1, -0.05) is 20.8 Å². The summed E-state index contributed by atoms with van der Waals surface area (Å²) in [6.07, 6.45) is -3.80. The molecule has 0 aromatic carbocycles. The molecule has 0 saturated carbocycles. The largest absolute Gasteiger partial charge is 0.443 e. The molecule has 0 aliphatic heterocycles. The van der Waals surface area contributed by atoms with Crippen LogP contribution >= 0.6 is 0 Å². The molecule has 0 aliphatic carbocycles. The van der Waals surface area contributed by atoms with E-state index >= 15 is 0 Å². The number of aliphatic hydroxyl groups is 1. The van der Waals surface area contributed by atoms with Gasteiger partial charge in [-0.3, -0.25) is 0 Å². The molecule has 4 nitrogen and oxygen atoms in total. The number of rotatable bonds is 3. The van der Waals surface area contributed by atoms with Crippen molar-refractivity contribution in [3.05, 3.63) is 0 Å². The van der Waals surface area contributed by atoms with E-state index in [-0.39, 0.29) is 0 Å². The minimum Gasteiger partial charge on any atom is -0.443 e. The number of carbonyl (C=O) groups excluding carboxylic acids is 1. The van der Waals surface area contributed by atoms with Crippen molar-refractivity contribution >= 4 is 6.09 Å². The summed E-state index contributed by atoms with van der Waals surface area (Å²) in [5, 5.41) is 9.53. The van der Waals surface area contributed by atoms with Crippen LogP contribution in [0.2, 0.25) is 0 Å². The Kier molecular flexibility index (Phi) is 4.10. The normalized spacial score (nSPS) is 17.0. The van der Waals surface area contributed by atoms with Crippen LogP contribution < -0.4 is 5.73 Å². The van der Waals surface area contributed by atoms with Gasteiger partial charge in [0.15, 0.2) is 6.17 Å². The van der Waals surface area contributed by atoms with Gasteiger partial charge < -0.3 is 15.6 Å². The number of primary amides is 1. The Hall–Kier alpha value is -0.840. The first kappa shape index (κ1) is 14.2. The molecule has 3 N–H and O–H groups in total. The van der Waals surface area contributed by atoms with Gasteiger partial charge in [0.2, 0.25) is 0 Å². The van der Waals surface area contributed by atoms with Crippen LogP contribution in [0.4, 0.5) is 9.18 Å². The van der Waals surface area contributed by atoms with E-state index in [9.17, 15) is 14.3 Å². The molecule has 2 atom stereocenters. The molecule has 0 radical (unpaired) electrons. The second-order valence-electron chi connectivity index (χ2n) is 5.28. The minimum atomic E-state index is -1.69. The van der Waals surface area contributed by atoms with E-state index in [4.69, 9.17) is 10.5 Å². The predicted molar refractivity (Wildman–Crippen MR) is 55.1 cm³/mol. The monoisotopic (exact) mass is 221 g/mol. The highest BCUT2D eigenvalue weighted by Gasteiger charge is 2.43. The zero-order valence-electron chi connectivity index (χ0n) is 9.87. The Morgan fingerprint density at radius 2 is 1.73 bits per heavy atom. The summed E-state index contributed by atoms with van der Waals surface area (Å²) in [7, 11) is 0. The molecular weight excluding hydrogens is 201 g/mol. The maximum atomic E-state index is 13.8. The molecule has 0 spiro atoms. The lowest BCUT2D eigenvalue weighted by molar-refractivity contribution is -0.0997. The van der Waals surface area contributed by atoms with Gasteiger partial charge in [-0.15, -0.1) is 0 Å². The van der Waals surface area contributed by atoms with Crippen molar-refractivity contribution in [3.8, 4) is 0 Å². The van der Waals surface area contributed by atoms with E-state index in [2.05, 4.69) is 0 Å². The summed E-state index contributed by atoms with van der Waals surface area (Å²) in [5.41, 5.74) is 2.66. The third kappa shape index (κ3) is 4.46. The molecule has 0 aromatic rings. The number of halogens is 1. The summed E-state index contributed by atoms with van der Waals surface area (Å²) in [6, 6.07) is 0. The summed E-state index contributed by atoms with van der Waals surface area (Å²) in [5.74, 6) is 0.